The van der Waals surface area contributed by atoms with Gasteiger partial charge in [0.25, 0.3) is 5.56 Å². The number of nitrogens with zero attached hydrogens (tertiary/aromatic N) is 1. The van der Waals surface area contributed by atoms with Crippen molar-refractivity contribution in [3.05, 3.63) is 113 Å². The molecule has 3 aromatic carbocycles. The minimum absolute atomic E-state index is 0.192. The highest BCUT2D eigenvalue weighted by Crippen LogP contribution is 2.39. The molecule has 182 valence electrons. The molecule has 0 spiro atoms. The van der Waals surface area contributed by atoms with Crippen molar-refractivity contribution in [1.82, 2.24) is 9.55 Å². The molecule has 0 unspecified atom stereocenters. The fourth-order valence-electron chi connectivity index (χ4n) is 4.15. The number of aromatic amines is 1. The van der Waals surface area contributed by atoms with Crippen molar-refractivity contribution < 1.29 is 21.9 Å². The van der Waals surface area contributed by atoms with Gasteiger partial charge in [0.2, 0.25) is 0 Å². The lowest BCUT2D eigenvalue weighted by atomic mass is 10.0. The summed E-state index contributed by atoms with van der Waals surface area (Å²) >= 11 is 0. The van der Waals surface area contributed by atoms with Crippen LogP contribution < -0.4 is 10.3 Å². The summed E-state index contributed by atoms with van der Waals surface area (Å²) in [5, 5.41) is 0.605. The molecule has 5 aromatic rings. The Morgan fingerprint density at radius 3 is 2.42 bits per heavy atom. The third-order valence-electron chi connectivity index (χ3n) is 5.81. The van der Waals surface area contributed by atoms with Gasteiger partial charge in [0.15, 0.2) is 21.4 Å². The van der Waals surface area contributed by atoms with Crippen LogP contribution in [-0.4, -0.2) is 18.0 Å². The summed E-state index contributed by atoms with van der Waals surface area (Å²) in [5.41, 5.74) is 1.64. The fraction of sp³-hybridized carbons (Fsp3) is 0.0741. The Labute approximate surface area is 205 Å². The number of hydrogen-bond acceptors (Lipinski definition) is 4. The summed E-state index contributed by atoms with van der Waals surface area (Å²) in [6.45, 7) is 0. The van der Waals surface area contributed by atoms with Crippen molar-refractivity contribution >= 4 is 20.7 Å². The third kappa shape index (κ3) is 4.40. The Morgan fingerprint density at radius 2 is 1.67 bits per heavy atom. The van der Waals surface area contributed by atoms with Crippen molar-refractivity contribution in [2.45, 2.75) is 10.6 Å². The lowest BCUT2D eigenvalue weighted by Gasteiger charge is -2.14. The van der Waals surface area contributed by atoms with Gasteiger partial charge in [-0.1, -0.05) is 24.3 Å². The smallest absolute Gasteiger partial charge is 0.272 e. The molecule has 0 atom stereocenters. The van der Waals surface area contributed by atoms with Crippen LogP contribution in [0.15, 0.2) is 94.9 Å². The van der Waals surface area contributed by atoms with E-state index in [1.807, 2.05) is 0 Å². The number of H-pyrrole nitrogens is 1. The highest BCUT2D eigenvalue weighted by atomic mass is 32.2. The molecule has 1 N–H and O–H groups in total. The Bertz CT molecular complexity index is 1760. The summed E-state index contributed by atoms with van der Waals surface area (Å²) in [7, 11) is -1.93. The number of pyridine rings is 1. The molecule has 0 saturated carbocycles. The Hall–Kier alpha value is -4.24. The molecule has 0 aliphatic heterocycles. The predicted molar refractivity (Wildman–Crippen MR) is 133 cm³/mol. The predicted octanol–water partition coefficient (Wildman–Crippen LogP) is 5.58. The van der Waals surface area contributed by atoms with E-state index in [-0.39, 0.29) is 27.7 Å². The topological polar surface area (TPSA) is 81.2 Å². The first-order chi connectivity index (χ1) is 17.2. The molecule has 2 heterocycles. The van der Waals surface area contributed by atoms with E-state index in [1.54, 1.807) is 60.3 Å². The van der Waals surface area contributed by atoms with Crippen molar-refractivity contribution in [3.63, 3.8) is 0 Å². The van der Waals surface area contributed by atoms with Crippen molar-refractivity contribution in [1.29, 1.82) is 0 Å². The van der Waals surface area contributed by atoms with E-state index in [2.05, 4.69) is 4.98 Å². The van der Waals surface area contributed by atoms with Crippen molar-refractivity contribution in [3.8, 4) is 22.6 Å². The third-order valence-corrected chi connectivity index (χ3v) is 7.51. The maximum absolute atomic E-state index is 14.4. The first kappa shape index (κ1) is 23.5. The van der Waals surface area contributed by atoms with E-state index in [4.69, 9.17) is 4.74 Å². The molecule has 0 aliphatic rings. The monoisotopic (exact) mass is 506 g/mol. The lowest BCUT2D eigenvalue weighted by Crippen LogP contribution is -2.07. The number of sulfone groups is 1. The minimum atomic E-state index is -3.64. The van der Waals surface area contributed by atoms with Gasteiger partial charge in [0, 0.05) is 42.0 Å². The highest BCUT2D eigenvalue weighted by molar-refractivity contribution is 7.90. The van der Waals surface area contributed by atoms with E-state index in [0.29, 0.717) is 33.7 Å². The van der Waals surface area contributed by atoms with Gasteiger partial charge in [0.05, 0.1) is 10.6 Å². The number of ether oxygens (including phenoxy) is 1. The van der Waals surface area contributed by atoms with Gasteiger partial charge in [0.1, 0.15) is 17.1 Å². The number of fused-ring (bicyclic) bond motifs is 1. The van der Waals surface area contributed by atoms with E-state index >= 15 is 0 Å². The zero-order valence-electron chi connectivity index (χ0n) is 19.0. The SMILES string of the molecule is Cn1cc(-c2cc(CS(=O)(=O)c3ccccc3)ccc2Oc2ccc(F)cc2F)c2cc[nH]c(=O)c21. The van der Waals surface area contributed by atoms with Gasteiger partial charge in [-0.3, -0.25) is 4.79 Å². The average molecular weight is 507 g/mol. The number of aryl methyl sites for hydroxylation is 1. The summed E-state index contributed by atoms with van der Waals surface area (Å²) in [6.07, 6.45) is 3.23. The second-order valence-corrected chi connectivity index (χ2v) is 10.3. The van der Waals surface area contributed by atoms with Gasteiger partial charge in [-0.15, -0.1) is 0 Å². The summed E-state index contributed by atoms with van der Waals surface area (Å²) < 4.78 is 61.3. The summed E-state index contributed by atoms with van der Waals surface area (Å²) in [5.74, 6) is -1.88. The molecule has 0 amide bonds. The van der Waals surface area contributed by atoms with Crippen molar-refractivity contribution in [2.75, 3.05) is 0 Å². The van der Waals surface area contributed by atoms with Crippen LogP contribution in [0.25, 0.3) is 22.0 Å². The first-order valence-corrected chi connectivity index (χ1v) is 12.6. The second kappa shape index (κ2) is 9.09. The standard InChI is InChI=1S/C27H20F2N2O4S/c1-31-15-22(20-11-12-30-27(32)26(20)31)21-13-17(16-36(33,34)19-5-3-2-4-6-19)7-9-24(21)35-25-10-8-18(28)14-23(25)29/h2-15H,16H2,1H3,(H,30,32). The van der Waals surface area contributed by atoms with Crippen LogP contribution >= 0.6 is 0 Å². The zero-order valence-corrected chi connectivity index (χ0v) is 19.9. The number of halogens is 2. The maximum atomic E-state index is 14.4. The number of hydrogen-bond donors (Lipinski definition) is 1. The molecule has 2 aromatic heterocycles. The molecule has 0 saturated heterocycles. The van der Waals surface area contributed by atoms with E-state index < -0.39 is 21.5 Å². The van der Waals surface area contributed by atoms with Crippen LogP contribution in [0.2, 0.25) is 0 Å². The van der Waals surface area contributed by atoms with Gasteiger partial charge < -0.3 is 14.3 Å². The maximum Gasteiger partial charge on any atom is 0.272 e. The van der Waals surface area contributed by atoms with Gasteiger partial charge >= 0.3 is 0 Å². The quantitative estimate of drug-likeness (QED) is 0.326. The molecule has 0 aliphatic carbocycles. The molecule has 0 bridgehead atoms. The highest BCUT2D eigenvalue weighted by Gasteiger charge is 2.20. The number of aromatic nitrogens is 2. The van der Waals surface area contributed by atoms with E-state index in [9.17, 15) is 22.0 Å². The van der Waals surface area contributed by atoms with Crippen LogP contribution in [0.5, 0.6) is 11.5 Å². The molecule has 6 nitrogen and oxygen atoms in total. The molecular weight excluding hydrogens is 486 g/mol. The van der Waals surface area contributed by atoms with Crippen LogP contribution in [0.4, 0.5) is 8.78 Å². The summed E-state index contributed by atoms with van der Waals surface area (Å²) in [4.78, 5) is 15.3. The Morgan fingerprint density at radius 1 is 0.917 bits per heavy atom. The lowest BCUT2D eigenvalue weighted by molar-refractivity contribution is 0.439. The average Bonchev–Trinajstić information content (AvgIpc) is 3.19. The normalized spacial score (nSPS) is 11.6. The summed E-state index contributed by atoms with van der Waals surface area (Å²) in [6, 6.07) is 17.6. The number of rotatable bonds is 6. The van der Waals surface area contributed by atoms with Gasteiger partial charge in [-0.25, -0.2) is 17.2 Å². The molecule has 5 rings (SSSR count). The van der Waals surface area contributed by atoms with Gasteiger partial charge in [-0.2, -0.15) is 0 Å². The van der Waals surface area contributed by atoms with Crippen LogP contribution in [0.1, 0.15) is 5.56 Å². The minimum Gasteiger partial charge on any atom is -0.454 e. The fourth-order valence-corrected chi connectivity index (χ4v) is 5.51. The van der Waals surface area contributed by atoms with Crippen LogP contribution in [0, 0.1) is 11.6 Å². The zero-order chi connectivity index (χ0) is 25.4. The number of nitrogens with one attached hydrogen (secondary N) is 1. The second-order valence-electron chi connectivity index (χ2n) is 8.30. The first-order valence-electron chi connectivity index (χ1n) is 10.9. The molecule has 9 heteroatoms. The van der Waals surface area contributed by atoms with E-state index in [1.165, 1.54) is 24.4 Å². The molecule has 0 fully saturated rings. The van der Waals surface area contributed by atoms with Gasteiger partial charge in [-0.05, 0) is 48.0 Å². The van der Waals surface area contributed by atoms with Crippen LogP contribution in [-0.2, 0) is 22.6 Å². The number of benzene rings is 3. The molecule has 0 radical (unpaired) electrons. The van der Waals surface area contributed by atoms with Crippen molar-refractivity contribution in [2.24, 2.45) is 7.05 Å². The van der Waals surface area contributed by atoms with Crippen LogP contribution in [0.3, 0.4) is 0 Å². The molecular formula is C27H20F2N2O4S. The Kier molecular flexibility index (Phi) is 5.93. The molecule has 36 heavy (non-hydrogen) atoms. The van der Waals surface area contributed by atoms with E-state index in [0.717, 1.165) is 6.07 Å². The largest absolute Gasteiger partial charge is 0.454 e. The Balaban J connectivity index is 1.66.